The van der Waals surface area contributed by atoms with E-state index in [-0.39, 0.29) is 5.82 Å². The number of rotatable bonds is 1. The van der Waals surface area contributed by atoms with Gasteiger partial charge in [0.05, 0.1) is 5.69 Å². The molecule has 0 aliphatic rings. The molecule has 18 heavy (non-hydrogen) atoms. The van der Waals surface area contributed by atoms with E-state index >= 15 is 0 Å². The van der Waals surface area contributed by atoms with E-state index in [1.54, 1.807) is 6.07 Å². The third kappa shape index (κ3) is 1.66. The van der Waals surface area contributed by atoms with Crippen LogP contribution in [0.25, 0.3) is 22.2 Å². The quantitative estimate of drug-likeness (QED) is 0.611. The lowest BCUT2D eigenvalue weighted by molar-refractivity contribution is 0.629. The van der Waals surface area contributed by atoms with Gasteiger partial charge in [0.15, 0.2) is 0 Å². The summed E-state index contributed by atoms with van der Waals surface area (Å²) >= 11 is 3.42. The molecule has 0 unspecified atom stereocenters. The molecule has 0 aliphatic heterocycles. The minimum atomic E-state index is -0.213. The van der Waals surface area contributed by atoms with Gasteiger partial charge in [-0.25, -0.2) is 4.39 Å². The lowest BCUT2D eigenvalue weighted by atomic mass is 10.1. The molecule has 0 N–H and O–H groups in total. The van der Waals surface area contributed by atoms with Crippen LogP contribution >= 0.6 is 15.9 Å². The number of aryl methyl sites for hydroxylation is 1. The van der Waals surface area contributed by atoms with Crippen molar-refractivity contribution in [2.75, 3.05) is 0 Å². The molecule has 0 saturated heterocycles. The Kier molecular flexibility index (Phi) is 2.71. The van der Waals surface area contributed by atoms with Gasteiger partial charge in [-0.3, -0.25) is 0 Å². The van der Waals surface area contributed by atoms with Gasteiger partial charge in [0.25, 0.3) is 0 Å². The molecule has 1 nitrogen and oxygen atoms in total. The molecular formula is C15H11BrFN. The van der Waals surface area contributed by atoms with E-state index in [0.717, 1.165) is 21.1 Å². The number of benzene rings is 2. The lowest BCUT2D eigenvalue weighted by Crippen LogP contribution is -1.94. The first-order chi connectivity index (χ1) is 8.68. The van der Waals surface area contributed by atoms with E-state index in [4.69, 9.17) is 0 Å². The van der Waals surface area contributed by atoms with Gasteiger partial charge in [-0.15, -0.1) is 0 Å². The average molecular weight is 304 g/mol. The molecule has 0 fully saturated rings. The van der Waals surface area contributed by atoms with Crippen molar-refractivity contribution in [3.05, 3.63) is 58.8 Å². The Morgan fingerprint density at radius 2 is 1.83 bits per heavy atom. The maximum atomic E-state index is 14.0. The predicted molar refractivity (Wildman–Crippen MR) is 76.0 cm³/mol. The summed E-state index contributed by atoms with van der Waals surface area (Å²) in [4.78, 5) is 0. The molecule has 1 aromatic heterocycles. The van der Waals surface area contributed by atoms with Crippen LogP contribution in [0.5, 0.6) is 0 Å². The Balaban J connectivity index is 2.36. The number of nitrogens with zero attached hydrogens (tertiary/aromatic N) is 1. The Bertz CT molecular complexity index is 710. The van der Waals surface area contributed by atoms with Crippen LogP contribution in [0, 0.1) is 5.82 Å². The van der Waals surface area contributed by atoms with Gasteiger partial charge < -0.3 is 4.57 Å². The molecular weight excluding hydrogens is 293 g/mol. The van der Waals surface area contributed by atoms with Crippen LogP contribution in [0.2, 0.25) is 0 Å². The molecule has 0 aliphatic carbocycles. The monoisotopic (exact) mass is 303 g/mol. The molecule has 3 aromatic rings. The van der Waals surface area contributed by atoms with Crippen LogP contribution in [0.15, 0.2) is 53.0 Å². The fourth-order valence-electron chi connectivity index (χ4n) is 2.27. The van der Waals surface area contributed by atoms with Crippen LogP contribution in [-0.4, -0.2) is 4.57 Å². The zero-order valence-corrected chi connectivity index (χ0v) is 11.4. The minimum absolute atomic E-state index is 0.213. The second-order valence-electron chi connectivity index (χ2n) is 4.24. The minimum Gasteiger partial charge on any atom is -0.344 e. The van der Waals surface area contributed by atoms with Crippen molar-refractivity contribution < 1.29 is 4.39 Å². The number of aromatic nitrogens is 1. The first-order valence-electron chi connectivity index (χ1n) is 5.67. The van der Waals surface area contributed by atoms with E-state index in [1.165, 1.54) is 6.07 Å². The Labute approximate surface area is 113 Å². The van der Waals surface area contributed by atoms with Crippen molar-refractivity contribution in [3.8, 4) is 11.3 Å². The van der Waals surface area contributed by atoms with Gasteiger partial charge in [-0.2, -0.15) is 0 Å². The summed E-state index contributed by atoms with van der Waals surface area (Å²) in [7, 11) is 1.95. The summed E-state index contributed by atoms with van der Waals surface area (Å²) in [5.41, 5.74) is 2.58. The average Bonchev–Trinajstić information content (AvgIpc) is 2.68. The number of fused-ring (bicyclic) bond motifs is 1. The SMILES string of the molecule is Cn1c(-c2c(F)cccc2Br)cc2ccccc21. The number of hydrogen-bond acceptors (Lipinski definition) is 0. The maximum absolute atomic E-state index is 14.0. The van der Waals surface area contributed by atoms with Crippen molar-refractivity contribution in [1.29, 1.82) is 0 Å². The van der Waals surface area contributed by atoms with Crippen molar-refractivity contribution >= 4 is 26.8 Å². The highest BCUT2D eigenvalue weighted by atomic mass is 79.9. The normalized spacial score (nSPS) is 11.1. The summed E-state index contributed by atoms with van der Waals surface area (Å²) in [5.74, 6) is -0.213. The summed E-state index contributed by atoms with van der Waals surface area (Å²) < 4.78 is 16.8. The Morgan fingerprint density at radius 1 is 1.06 bits per heavy atom. The smallest absolute Gasteiger partial charge is 0.133 e. The first-order valence-corrected chi connectivity index (χ1v) is 6.46. The maximum Gasteiger partial charge on any atom is 0.133 e. The number of hydrogen-bond donors (Lipinski definition) is 0. The van der Waals surface area contributed by atoms with Crippen molar-refractivity contribution in [1.82, 2.24) is 4.57 Å². The molecule has 0 radical (unpaired) electrons. The van der Waals surface area contributed by atoms with Crippen LogP contribution < -0.4 is 0 Å². The molecule has 0 saturated carbocycles. The molecule has 0 amide bonds. The van der Waals surface area contributed by atoms with Crippen LogP contribution in [-0.2, 0) is 7.05 Å². The molecule has 0 spiro atoms. The van der Waals surface area contributed by atoms with Gasteiger partial charge in [-0.1, -0.05) is 24.3 Å². The molecule has 90 valence electrons. The lowest BCUT2D eigenvalue weighted by Gasteiger charge is -2.07. The van der Waals surface area contributed by atoms with Gasteiger partial charge in [-0.05, 0) is 40.2 Å². The van der Waals surface area contributed by atoms with Gasteiger partial charge in [0, 0.05) is 28.0 Å². The second-order valence-corrected chi connectivity index (χ2v) is 5.10. The zero-order valence-electron chi connectivity index (χ0n) is 9.82. The highest BCUT2D eigenvalue weighted by molar-refractivity contribution is 9.10. The fraction of sp³-hybridized carbons (Fsp3) is 0.0667. The number of para-hydroxylation sites is 1. The first kappa shape index (κ1) is 11.5. The van der Waals surface area contributed by atoms with Crippen LogP contribution in [0.1, 0.15) is 0 Å². The molecule has 0 bridgehead atoms. The third-order valence-corrected chi connectivity index (χ3v) is 3.83. The van der Waals surface area contributed by atoms with E-state index in [9.17, 15) is 4.39 Å². The summed E-state index contributed by atoms with van der Waals surface area (Å²) in [5, 5.41) is 1.12. The molecule has 0 atom stereocenters. The van der Waals surface area contributed by atoms with Crippen molar-refractivity contribution in [2.45, 2.75) is 0 Å². The van der Waals surface area contributed by atoms with Crippen molar-refractivity contribution in [2.24, 2.45) is 7.05 Å². The largest absolute Gasteiger partial charge is 0.344 e. The molecule has 1 heterocycles. The van der Waals surface area contributed by atoms with Crippen LogP contribution in [0.3, 0.4) is 0 Å². The molecule has 3 rings (SSSR count). The van der Waals surface area contributed by atoms with E-state index in [1.807, 2.05) is 48.0 Å². The second kappa shape index (κ2) is 4.25. The summed E-state index contributed by atoms with van der Waals surface area (Å²) in [6.07, 6.45) is 0. The summed E-state index contributed by atoms with van der Waals surface area (Å²) in [6, 6.07) is 15.1. The predicted octanol–water partition coefficient (Wildman–Crippen LogP) is 4.75. The number of halogens is 2. The summed E-state index contributed by atoms with van der Waals surface area (Å²) in [6.45, 7) is 0. The highest BCUT2D eigenvalue weighted by Gasteiger charge is 2.14. The van der Waals surface area contributed by atoms with E-state index < -0.39 is 0 Å². The van der Waals surface area contributed by atoms with Crippen molar-refractivity contribution in [3.63, 3.8) is 0 Å². The van der Waals surface area contributed by atoms with Gasteiger partial charge in [0.1, 0.15) is 5.82 Å². The highest BCUT2D eigenvalue weighted by Crippen LogP contribution is 2.34. The molecule has 2 aromatic carbocycles. The topological polar surface area (TPSA) is 4.93 Å². The fourth-order valence-corrected chi connectivity index (χ4v) is 2.82. The van der Waals surface area contributed by atoms with E-state index in [2.05, 4.69) is 15.9 Å². The third-order valence-electron chi connectivity index (χ3n) is 3.17. The standard InChI is InChI=1S/C15H11BrFN/c1-18-13-8-3-2-5-10(13)9-14(18)15-11(16)6-4-7-12(15)17/h2-9H,1H3. The van der Waals surface area contributed by atoms with E-state index in [0.29, 0.717) is 5.56 Å². The molecule has 3 heteroatoms. The van der Waals surface area contributed by atoms with Gasteiger partial charge >= 0.3 is 0 Å². The van der Waals surface area contributed by atoms with Gasteiger partial charge in [0.2, 0.25) is 0 Å². The zero-order chi connectivity index (χ0) is 12.7. The van der Waals surface area contributed by atoms with Crippen LogP contribution in [0.4, 0.5) is 4.39 Å². The Hall–Kier alpha value is -1.61. The Morgan fingerprint density at radius 3 is 2.56 bits per heavy atom.